The van der Waals surface area contributed by atoms with Crippen LogP contribution in [0.4, 0.5) is 5.82 Å². The monoisotopic (exact) mass is 322 g/mol. The molecule has 0 N–H and O–H groups in total. The molecule has 1 saturated heterocycles. The van der Waals surface area contributed by atoms with Crippen molar-refractivity contribution in [3.05, 3.63) is 23.1 Å². The number of pyridine rings is 1. The first kappa shape index (κ1) is 14.9. The highest BCUT2D eigenvalue weighted by molar-refractivity contribution is 6.28. The number of ether oxygens (including phenoxy) is 2. The van der Waals surface area contributed by atoms with E-state index in [0.29, 0.717) is 35.8 Å². The van der Waals surface area contributed by atoms with Crippen LogP contribution in [0.2, 0.25) is 5.28 Å². The average molecular weight is 323 g/mol. The molecule has 1 aliphatic rings. The molecule has 0 unspecified atom stereocenters. The molecule has 0 bridgehead atoms. The normalized spacial score (nSPS) is 15.1. The van der Waals surface area contributed by atoms with E-state index in [0.717, 1.165) is 13.1 Å². The number of carbonyl (C=O) groups excluding carboxylic acids is 1. The SMILES string of the molecule is CC(=O)OCc1ccc2nc(Cl)nc(N3CCOCC3)c2n1. The van der Waals surface area contributed by atoms with Gasteiger partial charge in [-0.3, -0.25) is 4.79 Å². The van der Waals surface area contributed by atoms with E-state index in [9.17, 15) is 4.79 Å². The number of rotatable bonds is 3. The van der Waals surface area contributed by atoms with Crippen molar-refractivity contribution in [2.75, 3.05) is 31.2 Å². The first-order valence-electron chi connectivity index (χ1n) is 6.93. The van der Waals surface area contributed by atoms with Crippen molar-refractivity contribution in [3.63, 3.8) is 0 Å². The molecule has 1 aliphatic heterocycles. The fourth-order valence-electron chi connectivity index (χ4n) is 2.26. The molecule has 2 aromatic heterocycles. The Morgan fingerprint density at radius 3 is 2.82 bits per heavy atom. The van der Waals surface area contributed by atoms with Gasteiger partial charge in [0.05, 0.1) is 24.4 Å². The van der Waals surface area contributed by atoms with Crippen LogP contribution in [0.15, 0.2) is 12.1 Å². The van der Waals surface area contributed by atoms with Gasteiger partial charge in [0.15, 0.2) is 5.82 Å². The first-order valence-corrected chi connectivity index (χ1v) is 7.30. The quantitative estimate of drug-likeness (QED) is 0.627. The molecule has 0 radical (unpaired) electrons. The third kappa shape index (κ3) is 3.26. The summed E-state index contributed by atoms with van der Waals surface area (Å²) in [6.07, 6.45) is 0. The third-order valence-corrected chi connectivity index (χ3v) is 3.46. The highest BCUT2D eigenvalue weighted by atomic mass is 35.5. The zero-order chi connectivity index (χ0) is 15.5. The van der Waals surface area contributed by atoms with Crippen LogP contribution >= 0.6 is 11.6 Å². The molecule has 0 aliphatic carbocycles. The van der Waals surface area contributed by atoms with E-state index >= 15 is 0 Å². The van der Waals surface area contributed by atoms with E-state index in [2.05, 4.69) is 19.9 Å². The predicted molar refractivity (Wildman–Crippen MR) is 80.8 cm³/mol. The standard InChI is InChI=1S/C14H15ClN4O3/c1-9(20)22-8-10-2-3-11-12(16-10)13(18-14(15)17-11)19-4-6-21-7-5-19/h2-3H,4-8H2,1H3. The second-order valence-corrected chi connectivity index (χ2v) is 5.20. The van der Waals surface area contributed by atoms with Gasteiger partial charge < -0.3 is 14.4 Å². The molecule has 0 amide bonds. The van der Waals surface area contributed by atoms with Crippen molar-refractivity contribution >= 4 is 34.4 Å². The number of esters is 1. The smallest absolute Gasteiger partial charge is 0.303 e. The maximum atomic E-state index is 10.9. The third-order valence-electron chi connectivity index (χ3n) is 3.29. The van der Waals surface area contributed by atoms with E-state index < -0.39 is 0 Å². The van der Waals surface area contributed by atoms with E-state index in [-0.39, 0.29) is 17.9 Å². The number of fused-ring (bicyclic) bond motifs is 1. The predicted octanol–water partition coefficient (Wildman–Crippen LogP) is 1.58. The Hall–Kier alpha value is -1.99. The number of hydrogen-bond donors (Lipinski definition) is 0. The van der Waals surface area contributed by atoms with Crippen LogP contribution in [-0.2, 0) is 20.9 Å². The summed E-state index contributed by atoms with van der Waals surface area (Å²) in [6, 6.07) is 3.57. The van der Waals surface area contributed by atoms with Crippen LogP contribution in [0, 0.1) is 0 Å². The minimum Gasteiger partial charge on any atom is -0.459 e. The summed E-state index contributed by atoms with van der Waals surface area (Å²) in [5.74, 6) is 0.339. The number of halogens is 1. The van der Waals surface area contributed by atoms with Gasteiger partial charge in [0.25, 0.3) is 0 Å². The van der Waals surface area contributed by atoms with Crippen LogP contribution in [0.1, 0.15) is 12.6 Å². The van der Waals surface area contributed by atoms with Gasteiger partial charge >= 0.3 is 5.97 Å². The number of anilines is 1. The molecule has 7 nitrogen and oxygen atoms in total. The van der Waals surface area contributed by atoms with Crippen LogP contribution < -0.4 is 4.90 Å². The topological polar surface area (TPSA) is 77.4 Å². The van der Waals surface area contributed by atoms with Crippen LogP contribution in [-0.4, -0.2) is 47.2 Å². The number of morpholine rings is 1. The first-order chi connectivity index (χ1) is 10.6. The Kier molecular flexibility index (Phi) is 4.35. The molecule has 2 aromatic rings. The number of nitrogens with zero attached hydrogens (tertiary/aromatic N) is 4. The van der Waals surface area contributed by atoms with Gasteiger partial charge in [-0.2, -0.15) is 4.98 Å². The van der Waals surface area contributed by atoms with Crippen molar-refractivity contribution < 1.29 is 14.3 Å². The summed E-state index contributed by atoms with van der Waals surface area (Å²) in [4.78, 5) is 26.0. The van der Waals surface area contributed by atoms with E-state index in [4.69, 9.17) is 21.1 Å². The lowest BCUT2D eigenvalue weighted by Gasteiger charge is -2.28. The second kappa shape index (κ2) is 6.41. The fourth-order valence-corrected chi connectivity index (χ4v) is 2.43. The lowest BCUT2D eigenvalue weighted by molar-refractivity contribution is -0.142. The lowest BCUT2D eigenvalue weighted by Crippen LogP contribution is -2.37. The van der Waals surface area contributed by atoms with Gasteiger partial charge in [-0.1, -0.05) is 0 Å². The van der Waals surface area contributed by atoms with Gasteiger partial charge in [-0.25, -0.2) is 9.97 Å². The van der Waals surface area contributed by atoms with E-state index in [1.807, 2.05) is 0 Å². The average Bonchev–Trinajstić information content (AvgIpc) is 2.53. The van der Waals surface area contributed by atoms with Gasteiger partial charge in [0.2, 0.25) is 5.28 Å². The van der Waals surface area contributed by atoms with Crippen LogP contribution in [0.5, 0.6) is 0 Å². The molecule has 116 valence electrons. The van der Waals surface area contributed by atoms with Crippen molar-refractivity contribution in [3.8, 4) is 0 Å². The van der Waals surface area contributed by atoms with Crippen LogP contribution in [0.25, 0.3) is 11.0 Å². The fraction of sp³-hybridized carbons (Fsp3) is 0.429. The molecular formula is C14H15ClN4O3. The lowest BCUT2D eigenvalue weighted by atomic mass is 10.2. The Morgan fingerprint density at radius 2 is 2.09 bits per heavy atom. The van der Waals surface area contributed by atoms with Gasteiger partial charge in [0.1, 0.15) is 12.1 Å². The van der Waals surface area contributed by atoms with Gasteiger partial charge in [-0.05, 0) is 23.7 Å². The molecule has 0 saturated carbocycles. The van der Waals surface area contributed by atoms with Gasteiger partial charge in [0, 0.05) is 20.0 Å². The van der Waals surface area contributed by atoms with Crippen molar-refractivity contribution in [2.24, 2.45) is 0 Å². The molecule has 0 aromatic carbocycles. The van der Waals surface area contributed by atoms with E-state index in [1.165, 1.54) is 6.92 Å². The molecule has 3 heterocycles. The summed E-state index contributed by atoms with van der Waals surface area (Å²) in [5, 5.41) is 0.184. The molecule has 22 heavy (non-hydrogen) atoms. The molecule has 3 rings (SSSR count). The van der Waals surface area contributed by atoms with Crippen molar-refractivity contribution in [1.29, 1.82) is 0 Å². The molecule has 8 heteroatoms. The van der Waals surface area contributed by atoms with Crippen molar-refractivity contribution in [2.45, 2.75) is 13.5 Å². The summed E-state index contributed by atoms with van der Waals surface area (Å²) in [6.45, 7) is 4.20. The summed E-state index contributed by atoms with van der Waals surface area (Å²) in [5.41, 5.74) is 1.95. The van der Waals surface area contributed by atoms with Gasteiger partial charge in [-0.15, -0.1) is 0 Å². The van der Waals surface area contributed by atoms with Crippen molar-refractivity contribution in [1.82, 2.24) is 15.0 Å². The Balaban J connectivity index is 2.00. The summed E-state index contributed by atoms with van der Waals surface area (Å²) >= 11 is 6.01. The number of carbonyl (C=O) groups is 1. The maximum absolute atomic E-state index is 10.9. The minimum absolute atomic E-state index is 0.121. The summed E-state index contributed by atoms with van der Waals surface area (Å²) < 4.78 is 10.3. The zero-order valence-corrected chi connectivity index (χ0v) is 12.8. The largest absolute Gasteiger partial charge is 0.459 e. The summed E-state index contributed by atoms with van der Waals surface area (Å²) in [7, 11) is 0. The molecular weight excluding hydrogens is 308 g/mol. The zero-order valence-electron chi connectivity index (χ0n) is 12.1. The Morgan fingerprint density at radius 1 is 1.32 bits per heavy atom. The molecule has 0 atom stereocenters. The number of hydrogen-bond acceptors (Lipinski definition) is 7. The highest BCUT2D eigenvalue weighted by Gasteiger charge is 2.18. The Labute approximate surface area is 132 Å². The van der Waals surface area contributed by atoms with E-state index in [1.54, 1.807) is 12.1 Å². The second-order valence-electron chi connectivity index (χ2n) is 4.87. The molecule has 0 spiro atoms. The number of aromatic nitrogens is 3. The Bertz CT molecular complexity index is 704. The minimum atomic E-state index is -0.345. The molecule has 1 fully saturated rings. The maximum Gasteiger partial charge on any atom is 0.303 e. The van der Waals surface area contributed by atoms with Crippen LogP contribution in [0.3, 0.4) is 0 Å². The highest BCUT2D eigenvalue weighted by Crippen LogP contribution is 2.25.